The molecule has 0 saturated heterocycles. The van der Waals surface area contributed by atoms with Crippen LogP contribution in [0.1, 0.15) is 46.4 Å². The summed E-state index contributed by atoms with van der Waals surface area (Å²) in [6, 6.07) is 3.84. The highest BCUT2D eigenvalue weighted by Gasteiger charge is 2.50. The van der Waals surface area contributed by atoms with E-state index in [1.807, 2.05) is 0 Å². The quantitative estimate of drug-likeness (QED) is 0.467. The summed E-state index contributed by atoms with van der Waals surface area (Å²) in [5, 5.41) is 18.1. The molecule has 0 radical (unpaired) electrons. The van der Waals surface area contributed by atoms with Crippen molar-refractivity contribution in [2.75, 3.05) is 5.32 Å². The Morgan fingerprint density at radius 1 is 1.23 bits per heavy atom. The van der Waals surface area contributed by atoms with E-state index < -0.39 is 41.4 Å². The van der Waals surface area contributed by atoms with Crippen LogP contribution in [0.2, 0.25) is 5.02 Å². The first kappa shape index (κ1) is 22.4. The molecular weight excluding hydrogens is 442 g/mol. The molecule has 6 nitrogen and oxygen atoms in total. The van der Waals surface area contributed by atoms with Crippen LogP contribution in [0, 0.1) is 0 Å². The van der Waals surface area contributed by atoms with E-state index >= 15 is 0 Å². The molecule has 1 saturated carbocycles. The number of hydrogen-bond donors (Lipinski definition) is 3. The molecule has 1 fully saturated rings. The summed E-state index contributed by atoms with van der Waals surface area (Å²) in [7, 11) is 0.802. The predicted octanol–water partition coefficient (Wildman–Crippen LogP) is 4.11. The fourth-order valence-corrected chi connectivity index (χ4v) is 3.06. The number of nitrogens with one attached hydrogen (secondary N) is 2. The zero-order valence-electron chi connectivity index (χ0n) is 15.2. The van der Waals surface area contributed by atoms with Crippen LogP contribution >= 0.6 is 11.6 Å². The molecule has 0 aliphatic heterocycles. The number of anilines is 1. The van der Waals surface area contributed by atoms with E-state index in [9.17, 15) is 36.2 Å². The number of aliphatic hydroxyl groups is 1. The Morgan fingerprint density at radius 3 is 2.40 bits per heavy atom. The second-order valence-corrected chi connectivity index (χ2v) is 7.13. The van der Waals surface area contributed by atoms with Crippen LogP contribution in [0.5, 0.6) is 0 Å². The summed E-state index contributed by atoms with van der Waals surface area (Å²) in [6.07, 6.45) is -10.4. The van der Waals surface area contributed by atoms with Gasteiger partial charge in [0.05, 0.1) is 0 Å². The fraction of sp³-hybridized carbons (Fsp3) is 0.412. The predicted molar refractivity (Wildman–Crippen MR) is 93.7 cm³/mol. The Balaban J connectivity index is 1.94. The zero-order valence-corrected chi connectivity index (χ0v) is 16.0. The molecule has 1 aromatic carbocycles. The highest BCUT2D eigenvalue weighted by molar-refractivity contribution is 6.31. The number of alkyl halides is 6. The number of amides is 1. The van der Waals surface area contributed by atoms with E-state index in [0.717, 1.165) is 19.9 Å². The normalized spacial score (nSPS) is 15.9. The number of benzene rings is 1. The molecule has 1 heterocycles. The van der Waals surface area contributed by atoms with Gasteiger partial charge in [-0.2, -0.15) is 31.4 Å². The number of hydrogen-bond acceptors (Lipinski definition) is 4. The highest BCUT2D eigenvalue weighted by Crippen LogP contribution is 2.41. The summed E-state index contributed by atoms with van der Waals surface area (Å²) in [5.74, 6) is -1.45. The van der Waals surface area contributed by atoms with Crippen LogP contribution in [0.4, 0.5) is 32.0 Å². The van der Waals surface area contributed by atoms with Crippen LogP contribution in [0.3, 0.4) is 0 Å². The van der Waals surface area contributed by atoms with Gasteiger partial charge in [0.25, 0.3) is 5.91 Å². The second-order valence-electron chi connectivity index (χ2n) is 6.73. The molecule has 0 spiro atoms. The topological polar surface area (TPSA) is 79.2 Å². The molecule has 13 heteroatoms. The van der Waals surface area contributed by atoms with Crippen molar-refractivity contribution in [3.05, 3.63) is 45.7 Å². The fourth-order valence-electron chi connectivity index (χ4n) is 2.84. The summed E-state index contributed by atoms with van der Waals surface area (Å²) in [5.41, 5.74) is -5.61. The first-order valence-electron chi connectivity index (χ1n) is 8.55. The molecule has 1 aliphatic carbocycles. The minimum absolute atomic E-state index is 0.0704. The molecule has 3 N–H and O–H groups in total. The molecule has 1 atom stereocenters. The third-order valence-corrected chi connectivity index (χ3v) is 4.68. The average Bonchev–Trinajstić information content (AvgIpc) is 3.33. The average molecular weight is 457 g/mol. The van der Waals surface area contributed by atoms with Gasteiger partial charge < -0.3 is 10.4 Å². The van der Waals surface area contributed by atoms with Gasteiger partial charge in [0.2, 0.25) is 0 Å². The first-order chi connectivity index (χ1) is 13.8. The van der Waals surface area contributed by atoms with Crippen LogP contribution in [0.15, 0.2) is 18.2 Å². The lowest BCUT2D eigenvalue weighted by Gasteiger charge is -2.16. The van der Waals surface area contributed by atoms with E-state index in [1.54, 1.807) is 0 Å². The molecule has 0 bridgehead atoms. The van der Waals surface area contributed by atoms with Gasteiger partial charge in [-0.05, 0) is 31.0 Å². The molecule has 1 amide bonds. The molecule has 30 heavy (non-hydrogen) atoms. The summed E-state index contributed by atoms with van der Waals surface area (Å²) in [4.78, 5) is 12.4. The molecule has 1 unspecified atom stereocenters. The maximum Gasteiger partial charge on any atom is 0.435 e. The Kier molecular flexibility index (Phi) is 5.78. The van der Waals surface area contributed by atoms with Gasteiger partial charge in [-0.15, -0.1) is 0 Å². The molecule has 164 valence electrons. The molecule has 1 aromatic heterocycles. The number of halogens is 7. The Hall–Kier alpha value is -2.31. The molecule has 1 aliphatic rings. The van der Waals surface area contributed by atoms with Crippen molar-refractivity contribution in [2.45, 2.75) is 37.5 Å². The van der Waals surface area contributed by atoms with Crippen molar-refractivity contribution in [1.29, 1.82) is 0 Å². The first-order valence-corrected chi connectivity index (χ1v) is 8.93. The third kappa shape index (κ3) is 4.71. The lowest BCUT2D eigenvalue weighted by molar-refractivity contribution is -0.164. The van der Waals surface area contributed by atoms with Gasteiger partial charge in [0.1, 0.15) is 17.5 Å². The lowest BCUT2D eigenvalue weighted by atomic mass is 10.1. The number of rotatable bonds is 5. The van der Waals surface area contributed by atoms with Crippen molar-refractivity contribution in [1.82, 2.24) is 15.1 Å². The summed E-state index contributed by atoms with van der Waals surface area (Å²) in [6.45, 7) is 0. The Bertz CT molecular complexity index is 968. The van der Waals surface area contributed by atoms with Gasteiger partial charge in [0.15, 0.2) is 5.69 Å². The monoisotopic (exact) mass is 456 g/mol. The lowest BCUT2D eigenvalue weighted by Crippen LogP contribution is -2.24. The minimum atomic E-state index is -5.47. The van der Waals surface area contributed by atoms with Crippen molar-refractivity contribution < 1.29 is 36.2 Å². The van der Waals surface area contributed by atoms with E-state index in [4.69, 9.17) is 11.6 Å². The molecule has 2 aromatic rings. The van der Waals surface area contributed by atoms with E-state index in [0.29, 0.717) is 0 Å². The van der Waals surface area contributed by atoms with Crippen molar-refractivity contribution in [3.63, 3.8) is 0 Å². The maximum absolute atomic E-state index is 13.3. The van der Waals surface area contributed by atoms with Gasteiger partial charge in [0, 0.05) is 29.4 Å². The van der Waals surface area contributed by atoms with Crippen LogP contribution < -0.4 is 10.6 Å². The molecule has 3 rings (SSSR count). The summed E-state index contributed by atoms with van der Waals surface area (Å²) >= 11 is 6.01. The van der Waals surface area contributed by atoms with Gasteiger partial charge >= 0.3 is 12.4 Å². The maximum atomic E-state index is 13.3. The van der Waals surface area contributed by atoms with Crippen LogP contribution in [0.25, 0.3) is 0 Å². The van der Waals surface area contributed by atoms with Crippen molar-refractivity contribution in [3.8, 4) is 0 Å². The number of aromatic nitrogens is 2. The Labute approximate surface area is 170 Å². The Morgan fingerprint density at radius 2 is 1.87 bits per heavy atom. The number of aliphatic hydroxyl groups excluding tert-OH is 1. The smallest absolute Gasteiger partial charge is 0.374 e. The van der Waals surface area contributed by atoms with E-state index in [-0.39, 0.29) is 27.0 Å². The number of carbonyl (C=O) groups excluding carboxylic acids is 1. The van der Waals surface area contributed by atoms with Gasteiger partial charge in [-0.25, -0.2) is 0 Å². The van der Waals surface area contributed by atoms with E-state index in [2.05, 4.69) is 15.7 Å². The number of nitrogens with zero attached hydrogens (tertiary/aromatic N) is 2. The standard InChI is InChI=1S/C17H15ClF6N4O2/c1-28-12(11(16(19,20)21)13(27-28)17(22,23)24)15(30)26-8-4-5-10(18)9(6-8)14(29)25-7-2-3-7/h4-7,14,25,29H,2-3H2,1H3,(H,26,30). The largest absolute Gasteiger partial charge is 0.435 e. The summed E-state index contributed by atoms with van der Waals surface area (Å²) < 4.78 is 79.2. The van der Waals surface area contributed by atoms with Crippen molar-refractivity contribution >= 4 is 23.2 Å². The van der Waals surface area contributed by atoms with E-state index in [1.165, 1.54) is 18.2 Å². The highest BCUT2D eigenvalue weighted by atomic mass is 35.5. The third-order valence-electron chi connectivity index (χ3n) is 4.33. The second kappa shape index (κ2) is 7.75. The number of carbonyl (C=O) groups is 1. The minimum Gasteiger partial charge on any atom is -0.374 e. The van der Waals surface area contributed by atoms with Gasteiger partial charge in [-0.3, -0.25) is 14.8 Å². The SMILES string of the molecule is Cn1nc(C(F)(F)F)c(C(F)(F)F)c1C(=O)Nc1ccc(Cl)c(C(O)NC2CC2)c1. The van der Waals surface area contributed by atoms with Gasteiger partial charge in [-0.1, -0.05) is 11.6 Å². The zero-order chi connectivity index (χ0) is 22.4. The van der Waals surface area contributed by atoms with Crippen LogP contribution in [-0.4, -0.2) is 26.8 Å². The molecular formula is C17H15ClF6N4O2. The van der Waals surface area contributed by atoms with Crippen LogP contribution in [-0.2, 0) is 19.4 Å². The number of aryl methyl sites for hydroxylation is 1. The van der Waals surface area contributed by atoms with Crippen molar-refractivity contribution in [2.24, 2.45) is 7.05 Å².